The molecule has 322 valence electrons. The first-order chi connectivity index (χ1) is 33.6. The van der Waals surface area contributed by atoms with E-state index in [9.17, 15) is 0 Å². The Morgan fingerprint density at radius 2 is 0.735 bits per heavy atom. The SMILES string of the molecule is C=C/C=C\C(=C/C=C)c1cc(-c2ccc(-c3nc(-c4ccccc4)cc(-c4cccc(-c5ccccc5)c4)n3)cc2)cc(-c2ccccc2-c2cc(-c3ccccc3)nc(-c3ccccc3)n2)c1. The van der Waals surface area contributed by atoms with Gasteiger partial charge in [-0.15, -0.1) is 0 Å². The summed E-state index contributed by atoms with van der Waals surface area (Å²) in [6, 6.07) is 77.8. The van der Waals surface area contributed by atoms with Crippen molar-refractivity contribution in [2.24, 2.45) is 0 Å². The van der Waals surface area contributed by atoms with E-state index in [1.165, 1.54) is 0 Å². The zero-order valence-corrected chi connectivity index (χ0v) is 37.5. The third-order valence-corrected chi connectivity index (χ3v) is 11.9. The molecule has 0 N–H and O–H groups in total. The molecule has 0 aliphatic rings. The second-order valence-corrected chi connectivity index (χ2v) is 16.3. The van der Waals surface area contributed by atoms with Crippen molar-refractivity contribution in [1.82, 2.24) is 19.9 Å². The molecule has 68 heavy (non-hydrogen) atoms. The van der Waals surface area contributed by atoms with Gasteiger partial charge >= 0.3 is 0 Å². The van der Waals surface area contributed by atoms with Gasteiger partial charge in [0.25, 0.3) is 0 Å². The van der Waals surface area contributed by atoms with Crippen LogP contribution in [0.5, 0.6) is 0 Å². The lowest BCUT2D eigenvalue weighted by atomic mass is 9.90. The Bertz CT molecular complexity index is 3390. The normalized spacial score (nSPS) is 11.4. The number of rotatable bonds is 13. The van der Waals surface area contributed by atoms with Crippen molar-refractivity contribution >= 4 is 5.57 Å². The Morgan fingerprint density at radius 3 is 1.34 bits per heavy atom. The van der Waals surface area contributed by atoms with Gasteiger partial charge in [0.2, 0.25) is 0 Å². The second-order valence-electron chi connectivity index (χ2n) is 16.3. The van der Waals surface area contributed by atoms with Crippen molar-refractivity contribution < 1.29 is 0 Å². The van der Waals surface area contributed by atoms with Gasteiger partial charge in [0.05, 0.1) is 22.8 Å². The van der Waals surface area contributed by atoms with Crippen LogP contribution in [-0.2, 0) is 0 Å². The average Bonchev–Trinajstić information content (AvgIpc) is 3.42. The minimum Gasteiger partial charge on any atom is -0.228 e. The smallest absolute Gasteiger partial charge is 0.160 e. The lowest BCUT2D eigenvalue weighted by molar-refractivity contribution is 1.18. The molecular weight excluding hydrogens is 825 g/mol. The molecule has 2 aromatic heterocycles. The van der Waals surface area contributed by atoms with Crippen LogP contribution in [-0.4, -0.2) is 19.9 Å². The lowest BCUT2D eigenvalue weighted by Gasteiger charge is -2.16. The third-order valence-electron chi connectivity index (χ3n) is 11.9. The molecular formula is C64H46N4. The van der Waals surface area contributed by atoms with Gasteiger partial charge in [-0.2, -0.15) is 0 Å². The van der Waals surface area contributed by atoms with E-state index in [2.05, 4.69) is 183 Å². The zero-order valence-electron chi connectivity index (χ0n) is 37.5. The number of benzene rings is 8. The summed E-state index contributed by atoms with van der Waals surface area (Å²) >= 11 is 0. The van der Waals surface area contributed by atoms with Gasteiger partial charge in [-0.1, -0.05) is 232 Å². The zero-order chi connectivity index (χ0) is 46.1. The topological polar surface area (TPSA) is 51.6 Å². The Hall–Kier alpha value is -9.12. The molecule has 10 aromatic rings. The van der Waals surface area contributed by atoms with Gasteiger partial charge in [-0.25, -0.2) is 19.9 Å². The van der Waals surface area contributed by atoms with Crippen molar-refractivity contribution in [3.63, 3.8) is 0 Å². The molecule has 0 unspecified atom stereocenters. The van der Waals surface area contributed by atoms with E-state index in [0.717, 1.165) is 101 Å². The van der Waals surface area contributed by atoms with Crippen molar-refractivity contribution in [3.8, 4) is 101 Å². The van der Waals surface area contributed by atoms with Crippen LogP contribution >= 0.6 is 0 Å². The maximum atomic E-state index is 5.23. The van der Waals surface area contributed by atoms with Gasteiger partial charge in [0.1, 0.15) is 0 Å². The van der Waals surface area contributed by atoms with Gasteiger partial charge in [0, 0.05) is 33.4 Å². The predicted molar refractivity (Wildman–Crippen MR) is 284 cm³/mol. The van der Waals surface area contributed by atoms with Crippen LogP contribution in [0.4, 0.5) is 0 Å². The number of hydrogen-bond acceptors (Lipinski definition) is 4. The van der Waals surface area contributed by atoms with Crippen LogP contribution in [0.1, 0.15) is 5.56 Å². The molecule has 0 aliphatic carbocycles. The minimum atomic E-state index is 0.654. The molecule has 2 heterocycles. The van der Waals surface area contributed by atoms with Crippen LogP contribution in [0.15, 0.2) is 268 Å². The fourth-order valence-corrected chi connectivity index (χ4v) is 8.46. The molecule has 0 amide bonds. The molecule has 4 heteroatoms. The summed E-state index contributed by atoms with van der Waals surface area (Å²) in [6.45, 7) is 8.01. The molecule has 0 radical (unpaired) electrons. The standard InChI is InChI=1S/C64H46N4/c1-3-5-22-45(21-4-2)54-40-55(42-56(41-54)57-33-18-19-34-58(57)62-44-60(49-27-14-8-15-28-49)66-63(68-62)50-29-16-9-17-30-50)47-35-37-51(38-36-47)64-65-59(48-25-12-7-13-26-48)43-61(67-64)53-32-20-31-52(39-53)46-23-10-6-11-24-46/h3-44H,1-2H2/b22-5-,45-21+. The first-order valence-corrected chi connectivity index (χ1v) is 22.7. The number of hydrogen-bond donors (Lipinski definition) is 0. The van der Waals surface area contributed by atoms with Crippen LogP contribution in [0.3, 0.4) is 0 Å². The molecule has 0 atom stereocenters. The Morgan fingerprint density at radius 1 is 0.309 bits per heavy atom. The van der Waals surface area contributed by atoms with Crippen LogP contribution in [0, 0.1) is 0 Å². The van der Waals surface area contributed by atoms with Crippen molar-refractivity contribution in [2.75, 3.05) is 0 Å². The van der Waals surface area contributed by atoms with E-state index in [4.69, 9.17) is 19.9 Å². The molecule has 0 fully saturated rings. The van der Waals surface area contributed by atoms with E-state index in [1.54, 1.807) is 6.08 Å². The first kappa shape index (κ1) is 42.8. The monoisotopic (exact) mass is 870 g/mol. The number of allylic oxidation sites excluding steroid dienone is 6. The summed E-state index contributed by atoms with van der Waals surface area (Å²) in [5, 5.41) is 0. The first-order valence-electron chi connectivity index (χ1n) is 22.7. The van der Waals surface area contributed by atoms with Gasteiger partial charge in [-0.05, 0) is 80.9 Å². The summed E-state index contributed by atoms with van der Waals surface area (Å²) in [7, 11) is 0. The summed E-state index contributed by atoms with van der Waals surface area (Å²) in [5.74, 6) is 1.32. The van der Waals surface area contributed by atoms with E-state index < -0.39 is 0 Å². The average molecular weight is 871 g/mol. The molecule has 0 bridgehead atoms. The van der Waals surface area contributed by atoms with Crippen LogP contribution < -0.4 is 0 Å². The van der Waals surface area contributed by atoms with Crippen LogP contribution in [0.2, 0.25) is 0 Å². The second kappa shape index (κ2) is 20.0. The van der Waals surface area contributed by atoms with E-state index in [1.807, 2.05) is 78.9 Å². The molecule has 0 aliphatic heterocycles. The van der Waals surface area contributed by atoms with Crippen LogP contribution in [0.25, 0.3) is 107 Å². The summed E-state index contributed by atoms with van der Waals surface area (Å²) in [5.41, 5.74) is 17.9. The molecule has 10 rings (SSSR count). The third kappa shape index (κ3) is 9.48. The summed E-state index contributed by atoms with van der Waals surface area (Å²) in [6.07, 6.45) is 9.67. The largest absolute Gasteiger partial charge is 0.228 e. The van der Waals surface area contributed by atoms with Gasteiger partial charge in [0.15, 0.2) is 11.6 Å². The van der Waals surface area contributed by atoms with E-state index >= 15 is 0 Å². The highest BCUT2D eigenvalue weighted by atomic mass is 14.9. The fourth-order valence-electron chi connectivity index (χ4n) is 8.46. The Labute approximate surface area is 398 Å². The lowest BCUT2D eigenvalue weighted by Crippen LogP contribution is -1.97. The summed E-state index contributed by atoms with van der Waals surface area (Å²) in [4.78, 5) is 20.7. The van der Waals surface area contributed by atoms with E-state index in [-0.39, 0.29) is 0 Å². The van der Waals surface area contributed by atoms with E-state index in [0.29, 0.717) is 11.6 Å². The Balaban J connectivity index is 1.09. The molecule has 0 spiro atoms. The highest BCUT2D eigenvalue weighted by Crippen LogP contribution is 2.39. The number of nitrogens with zero attached hydrogens (tertiary/aromatic N) is 4. The highest BCUT2D eigenvalue weighted by Gasteiger charge is 2.17. The van der Waals surface area contributed by atoms with Crippen molar-refractivity contribution in [1.29, 1.82) is 0 Å². The quantitative estimate of drug-likeness (QED) is 0.108. The minimum absolute atomic E-state index is 0.654. The number of aromatic nitrogens is 4. The van der Waals surface area contributed by atoms with Gasteiger partial charge in [-0.3, -0.25) is 0 Å². The Kier molecular flexibility index (Phi) is 12.6. The molecule has 0 saturated heterocycles. The van der Waals surface area contributed by atoms with Crippen molar-refractivity contribution in [3.05, 3.63) is 274 Å². The molecule has 8 aromatic carbocycles. The maximum absolute atomic E-state index is 5.23. The summed E-state index contributed by atoms with van der Waals surface area (Å²) < 4.78 is 0. The maximum Gasteiger partial charge on any atom is 0.160 e. The molecule has 4 nitrogen and oxygen atoms in total. The predicted octanol–water partition coefficient (Wildman–Crippen LogP) is 16.6. The van der Waals surface area contributed by atoms with Gasteiger partial charge < -0.3 is 0 Å². The highest BCUT2D eigenvalue weighted by molar-refractivity contribution is 5.90. The fraction of sp³-hybridized carbons (Fsp3) is 0. The van der Waals surface area contributed by atoms with Crippen molar-refractivity contribution in [2.45, 2.75) is 0 Å². The molecule has 0 saturated carbocycles.